The van der Waals surface area contributed by atoms with Crippen LogP contribution in [0.25, 0.3) is 0 Å². The second-order valence-electron chi connectivity index (χ2n) is 8.69. The fourth-order valence-electron chi connectivity index (χ4n) is 4.25. The molecule has 0 aliphatic heterocycles. The highest BCUT2D eigenvalue weighted by molar-refractivity contribution is 9.10. The predicted octanol–water partition coefficient (Wildman–Crippen LogP) is 6.70. The van der Waals surface area contributed by atoms with Crippen molar-refractivity contribution in [2.75, 3.05) is 6.61 Å². The quantitative estimate of drug-likeness (QED) is 0.365. The maximum atomic E-state index is 13.4. The number of carbonyl (C=O) groups excluding carboxylic acids is 2. The van der Waals surface area contributed by atoms with Crippen LogP contribution in [-0.4, -0.2) is 35.4 Å². The van der Waals surface area contributed by atoms with Crippen LogP contribution in [0.3, 0.4) is 0 Å². The molecule has 1 aliphatic carbocycles. The van der Waals surface area contributed by atoms with E-state index in [1.807, 2.05) is 26.0 Å². The summed E-state index contributed by atoms with van der Waals surface area (Å²) in [5.41, 5.74) is 1.62. The molecule has 5 nitrogen and oxygen atoms in total. The Morgan fingerprint density at radius 1 is 1.15 bits per heavy atom. The Balaban J connectivity index is 1.81. The Bertz CT molecular complexity index is 991. The van der Waals surface area contributed by atoms with Crippen molar-refractivity contribution in [3.8, 4) is 5.75 Å². The Labute approximate surface area is 220 Å². The van der Waals surface area contributed by atoms with Gasteiger partial charge in [0.25, 0.3) is 5.91 Å². The van der Waals surface area contributed by atoms with Crippen molar-refractivity contribution in [2.45, 2.75) is 71.0 Å². The van der Waals surface area contributed by atoms with E-state index in [1.165, 1.54) is 11.3 Å². The van der Waals surface area contributed by atoms with E-state index in [2.05, 4.69) is 21.2 Å². The lowest BCUT2D eigenvalue weighted by atomic mass is 9.95. The van der Waals surface area contributed by atoms with Gasteiger partial charge in [-0.15, -0.1) is 0 Å². The smallest absolute Gasteiger partial charge is 0.261 e. The summed E-state index contributed by atoms with van der Waals surface area (Å²) in [6.07, 6.45) is 5.83. The number of hydrogen-bond donors (Lipinski definition) is 1. The monoisotopic (exact) mass is 568 g/mol. The molecule has 1 fully saturated rings. The topological polar surface area (TPSA) is 58.6 Å². The molecule has 0 saturated heterocycles. The van der Waals surface area contributed by atoms with Crippen molar-refractivity contribution in [3.05, 3.63) is 62.0 Å². The molecule has 0 bridgehead atoms. The van der Waals surface area contributed by atoms with Crippen LogP contribution in [0.5, 0.6) is 5.75 Å². The van der Waals surface area contributed by atoms with Crippen molar-refractivity contribution in [1.29, 1.82) is 0 Å². The minimum Gasteiger partial charge on any atom is -0.484 e. The fourth-order valence-corrected chi connectivity index (χ4v) is 5.02. The lowest BCUT2D eigenvalue weighted by Crippen LogP contribution is -2.52. The number of ether oxygens (including phenoxy) is 1. The molecule has 0 unspecified atom stereocenters. The molecular weight excluding hydrogens is 539 g/mol. The summed E-state index contributed by atoms with van der Waals surface area (Å²) in [5, 5.41) is 4.07. The Hall–Kier alpha value is -1.76. The molecule has 1 N–H and O–H groups in total. The number of aryl methyl sites for hydroxylation is 1. The van der Waals surface area contributed by atoms with Gasteiger partial charge in [-0.3, -0.25) is 9.59 Å². The standard InChI is InChI=1S/C26H31BrCl2N2O3/c1-3-24(26(33)30-18-8-5-4-6-9-18)31(15-20-22(28)10-7-11-23(20)29)25(32)16-34-19-12-13-21(27)17(2)14-19/h7,10-14,18,24H,3-6,8-9,15-16H2,1-2H3,(H,30,33)/t24-/m1/s1. The van der Waals surface area contributed by atoms with Crippen molar-refractivity contribution in [3.63, 3.8) is 0 Å². The molecule has 1 atom stereocenters. The molecule has 8 heteroatoms. The Morgan fingerprint density at radius 2 is 1.82 bits per heavy atom. The maximum Gasteiger partial charge on any atom is 0.261 e. The van der Waals surface area contributed by atoms with Crippen LogP contribution >= 0.6 is 39.1 Å². The molecule has 0 radical (unpaired) electrons. The summed E-state index contributed by atoms with van der Waals surface area (Å²) < 4.78 is 6.76. The van der Waals surface area contributed by atoms with E-state index in [-0.39, 0.29) is 31.0 Å². The molecule has 0 heterocycles. The van der Waals surface area contributed by atoms with Gasteiger partial charge in [0.15, 0.2) is 6.61 Å². The molecule has 1 aliphatic rings. The molecule has 1 saturated carbocycles. The highest BCUT2D eigenvalue weighted by atomic mass is 79.9. The second-order valence-corrected chi connectivity index (χ2v) is 10.4. The first kappa shape index (κ1) is 26.8. The number of hydrogen-bond acceptors (Lipinski definition) is 3. The van der Waals surface area contributed by atoms with Gasteiger partial charge in [0.05, 0.1) is 0 Å². The normalized spacial score (nSPS) is 15.0. The van der Waals surface area contributed by atoms with Gasteiger partial charge in [-0.2, -0.15) is 0 Å². The largest absolute Gasteiger partial charge is 0.484 e. The van der Waals surface area contributed by atoms with Crippen LogP contribution in [0, 0.1) is 6.92 Å². The van der Waals surface area contributed by atoms with Crippen LogP contribution in [0.1, 0.15) is 56.6 Å². The highest BCUT2D eigenvalue weighted by Gasteiger charge is 2.31. The van der Waals surface area contributed by atoms with Crippen LogP contribution < -0.4 is 10.1 Å². The predicted molar refractivity (Wildman–Crippen MR) is 140 cm³/mol. The van der Waals surface area contributed by atoms with Gasteiger partial charge >= 0.3 is 0 Å². The number of nitrogens with zero attached hydrogens (tertiary/aromatic N) is 1. The minimum absolute atomic E-state index is 0.122. The second kappa shape index (κ2) is 12.8. The summed E-state index contributed by atoms with van der Waals surface area (Å²) in [4.78, 5) is 28.2. The van der Waals surface area contributed by atoms with Crippen molar-refractivity contribution >= 4 is 50.9 Å². The number of rotatable bonds is 9. The molecule has 2 aromatic rings. The van der Waals surface area contributed by atoms with Crippen LogP contribution in [0.2, 0.25) is 10.0 Å². The fraction of sp³-hybridized carbons (Fsp3) is 0.462. The van der Waals surface area contributed by atoms with Crippen LogP contribution in [0.15, 0.2) is 40.9 Å². The van der Waals surface area contributed by atoms with E-state index in [0.717, 1.165) is 35.7 Å². The zero-order chi connectivity index (χ0) is 24.7. The average Bonchev–Trinajstić information content (AvgIpc) is 2.82. The summed E-state index contributed by atoms with van der Waals surface area (Å²) in [6.45, 7) is 3.78. The number of halogens is 3. The van der Waals surface area contributed by atoms with E-state index in [0.29, 0.717) is 27.8 Å². The van der Waals surface area contributed by atoms with E-state index in [1.54, 1.807) is 24.3 Å². The van der Waals surface area contributed by atoms with E-state index < -0.39 is 6.04 Å². The average molecular weight is 570 g/mol. The Kier molecular flexibility index (Phi) is 10.1. The van der Waals surface area contributed by atoms with Gasteiger partial charge in [0, 0.05) is 32.7 Å². The van der Waals surface area contributed by atoms with Gasteiger partial charge in [0.2, 0.25) is 5.91 Å². The lowest BCUT2D eigenvalue weighted by Gasteiger charge is -2.33. The van der Waals surface area contributed by atoms with E-state index >= 15 is 0 Å². The summed E-state index contributed by atoms with van der Waals surface area (Å²) in [6, 6.07) is 10.3. The number of carbonyl (C=O) groups is 2. The number of nitrogens with one attached hydrogen (secondary N) is 1. The van der Waals surface area contributed by atoms with Gasteiger partial charge < -0.3 is 15.0 Å². The van der Waals surface area contributed by atoms with Crippen molar-refractivity contribution in [2.24, 2.45) is 0 Å². The molecule has 0 spiro atoms. The summed E-state index contributed by atoms with van der Waals surface area (Å²) >= 11 is 16.3. The Morgan fingerprint density at radius 3 is 2.44 bits per heavy atom. The van der Waals surface area contributed by atoms with Gasteiger partial charge in [-0.05, 0) is 62.1 Å². The first-order valence-corrected chi connectivity index (χ1v) is 13.3. The molecule has 3 rings (SSSR count). The van der Waals surface area contributed by atoms with Crippen LogP contribution in [0.4, 0.5) is 0 Å². The third-order valence-electron chi connectivity index (χ3n) is 6.22. The maximum absolute atomic E-state index is 13.4. The van der Waals surface area contributed by atoms with E-state index in [4.69, 9.17) is 27.9 Å². The summed E-state index contributed by atoms with van der Waals surface area (Å²) in [5.74, 6) is 0.136. The molecule has 2 aromatic carbocycles. The van der Waals surface area contributed by atoms with Gasteiger partial charge in [0.1, 0.15) is 11.8 Å². The van der Waals surface area contributed by atoms with E-state index in [9.17, 15) is 9.59 Å². The molecule has 184 valence electrons. The first-order chi connectivity index (χ1) is 16.3. The van der Waals surface area contributed by atoms with Crippen LogP contribution in [-0.2, 0) is 16.1 Å². The van der Waals surface area contributed by atoms with Crippen molar-refractivity contribution < 1.29 is 14.3 Å². The minimum atomic E-state index is -0.656. The number of amides is 2. The molecule has 34 heavy (non-hydrogen) atoms. The number of benzene rings is 2. The van der Waals surface area contributed by atoms with Crippen molar-refractivity contribution in [1.82, 2.24) is 10.2 Å². The molecular formula is C26H31BrCl2N2O3. The van der Waals surface area contributed by atoms with Gasteiger partial charge in [-0.1, -0.05) is 71.4 Å². The first-order valence-electron chi connectivity index (χ1n) is 11.7. The zero-order valence-electron chi connectivity index (χ0n) is 19.6. The third kappa shape index (κ3) is 7.12. The lowest BCUT2D eigenvalue weighted by molar-refractivity contribution is -0.143. The van der Waals surface area contributed by atoms with Gasteiger partial charge in [-0.25, -0.2) is 0 Å². The molecule has 0 aromatic heterocycles. The third-order valence-corrected chi connectivity index (χ3v) is 7.82. The molecule has 2 amide bonds. The SMILES string of the molecule is CC[C@H](C(=O)NC1CCCCC1)N(Cc1c(Cl)cccc1Cl)C(=O)COc1ccc(Br)c(C)c1. The summed E-state index contributed by atoms with van der Waals surface area (Å²) in [7, 11) is 0. The highest BCUT2D eigenvalue weighted by Crippen LogP contribution is 2.28. The zero-order valence-corrected chi connectivity index (χ0v) is 22.7.